The lowest BCUT2D eigenvalue weighted by atomic mass is 10.2. The van der Waals surface area contributed by atoms with E-state index in [1.807, 2.05) is 26.0 Å². The Morgan fingerprint density at radius 1 is 1.35 bits per heavy atom. The number of hydrogen-bond acceptors (Lipinski definition) is 4. The third kappa shape index (κ3) is 5.25. The summed E-state index contributed by atoms with van der Waals surface area (Å²) in [5.74, 6) is -0.789. The molecule has 6 nitrogen and oxygen atoms in total. The van der Waals surface area contributed by atoms with Crippen LogP contribution < -0.4 is 15.4 Å². The smallest absolute Gasteiger partial charge is 0.313 e. The molecule has 0 saturated carbocycles. The lowest BCUT2D eigenvalue weighted by molar-refractivity contribution is -0.136. The molecule has 1 aromatic rings. The first-order chi connectivity index (χ1) is 11.1. The molecule has 1 heterocycles. The minimum Gasteiger partial charge on any atom is -0.491 e. The van der Waals surface area contributed by atoms with Gasteiger partial charge < -0.3 is 20.1 Å². The summed E-state index contributed by atoms with van der Waals surface area (Å²) in [6, 6.07) is 5.44. The standard InChI is InChI=1S/C17H24N2O4/c1-3-8-23-15-10-12(2)6-7-14(15)19-17(21)16(20)18-11-13-5-4-9-22-13/h6-7,10,13H,3-5,8-9,11H2,1-2H3,(H,18,20)(H,19,21). The number of nitrogens with one attached hydrogen (secondary N) is 2. The van der Waals surface area contributed by atoms with Crippen LogP contribution in [0.25, 0.3) is 0 Å². The molecule has 2 amide bonds. The van der Waals surface area contributed by atoms with Crippen LogP contribution in [-0.4, -0.2) is 37.7 Å². The number of hydrogen-bond donors (Lipinski definition) is 2. The second-order valence-electron chi connectivity index (χ2n) is 5.65. The van der Waals surface area contributed by atoms with E-state index in [1.54, 1.807) is 6.07 Å². The van der Waals surface area contributed by atoms with Crippen LogP contribution in [0.3, 0.4) is 0 Å². The fourth-order valence-corrected chi connectivity index (χ4v) is 2.34. The molecular weight excluding hydrogens is 296 g/mol. The van der Waals surface area contributed by atoms with Gasteiger partial charge in [-0.2, -0.15) is 0 Å². The monoisotopic (exact) mass is 320 g/mol. The van der Waals surface area contributed by atoms with Crippen LogP contribution in [-0.2, 0) is 14.3 Å². The number of ether oxygens (including phenoxy) is 2. The van der Waals surface area contributed by atoms with Crippen LogP contribution in [0, 0.1) is 6.92 Å². The first-order valence-corrected chi connectivity index (χ1v) is 8.04. The van der Waals surface area contributed by atoms with Crippen LogP contribution >= 0.6 is 0 Å². The summed E-state index contributed by atoms with van der Waals surface area (Å²) in [6.45, 7) is 5.58. The number of amides is 2. The van der Waals surface area contributed by atoms with Gasteiger partial charge in [0.15, 0.2) is 0 Å². The lowest BCUT2D eigenvalue weighted by Crippen LogP contribution is -2.39. The lowest BCUT2D eigenvalue weighted by Gasteiger charge is -2.14. The minimum atomic E-state index is -0.701. The van der Waals surface area contributed by atoms with Crippen LogP contribution in [0.4, 0.5) is 5.69 Å². The molecule has 2 N–H and O–H groups in total. The zero-order valence-electron chi connectivity index (χ0n) is 13.7. The van der Waals surface area contributed by atoms with Crippen LogP contribution in [0.1, 0.15) is 31.7 Å². The van der Waals surface area contributed by atoms with E-state index >= 15 is 0 Å². The van der Waals surface area contributed by atoms with Gasteiger partial charge in [-0.15, -0.1) is 0 Å². The van der Waals surface area contributed by atoms with Crippen molar-refractivity contribution in [3.8, 4) is 5.75 Å². The third-order valence-electron chi connectivity index (χ3n) is 3.57. The van der Waals surface area contributed by atoms with Crippen molar-refractivity contribution in [2.45, 2.75) is 39.2 Å². The van der Waals surface area contributed by atoms with Crippen molar-refractivity contribution in [3.05, 3.63) is 23.8 Å². The van der Waals surface area contributed by atoms with E-state index in [0.29, 0.717) is 31.2 Å². The zero-order chi connectivity index (χ0) is 16.7. The van der Waals surface area contributed by atoms with E-state index < -0.39 is 11.8 Å². The molecule has 1 fully saturated rings. The molecule has 23 heavy (non-hydrogen) atoms. The number of benzene rings is 1. The maximum absolute atomic E-state index is 12.0. The number of carbonyl (C=O) groups excluding carboxylic acids is 2. The molecule has 0 aliphatic carbocycles. The number of rotatable bonds is 6. The van der Waals surface area contributed by atoms with E-state index in [1.165, 1.54) is 0 Å². The van der Waals surface area contributed by atoms with Crippen molar-refractivity contribution >= 4 is 17.5 Å². The van der Waals surface area contributed by atoms with Gasteiger partial charge in [0, 0.05) is 13.2 Å². The molecular formula is C17H24N2O4. The van der Waals surface area contributed by atoms with Crippen molar-refractivity contribution in [3.63, 3.8) is 0 Å². The summed E-state index contributed by atoms with van der Waals surface area (Å²) >= 11 is 0. The molecule has 0 aromatic heterocycles. The van der Waals surface area contributed by atoms with E-state index in [0.717, 1.165) is 24.8 Å². The largest absolute Gasteiger partial charge is 0.491 e. The van der Waals surface area contributed by atoms with Crippen LogP contribution in [0.15, 0.2) is 18.2 Å². The van der Waals surface area contributed by atoms with Crippen molar-refractivity contribution in [1.29, 1.82) is 0 Å². The summed E-state index contributed by atoms with van der Waals surface area (Å²) in [4.78, 5) is 23.9. The highest BCUT2D eigenvalue weighted by Gasteiger charge is 2.20. The van der Waals surface area contributed by atoms with Crippen molar-refractivity contribution < 1.29 is 19.1 Å². The quantitative estimate of drug-likeness (QED) is 0.786. The molecule has 1 aliphatic heterocycles. The molecule has 2 rings (SSSR count). The first-order valence-electron chi connectivity index (χ1n) is 8.04. The molecule has 0 bridgehead atoms. The Labute approximate surface area is 136 Å². The fourth-order valence-electron chi connectivity index (χ4n) is 2.34. The molecule has 1 saturated heterocycles. The molecule has 0 radical (unpaired) electrons. The third-order valence-corrected chi connectivity index (χ3v) is 3.57. The Hall–Kier alpha value is -2.08. The normalized spacial score (nSPS) is 16.9. The van der Waals surface area contributed by atoms with Crippen LogP contribution in [0.2, 0.25) is 0 Å². The fraction of sp³-hybridized carbons (Fsp3) is 0.529. The summed E-state index contributed by atoms with van der Waals surface area (Å²) in [7, 11) is 0. The van der Waals surface area contributed by atoms with E-state index in [-0.39, 0.29) is 6.10 Å². The maximum Gasteiger partial charge on any atom is 0.313 e. The first kappa shape index (κ1) is 17.3. The molecule has 126 valence electrons. The summed E-state index contributed by atoms with van der Waals surface area (Å²) in [5, 5.41) is 5.21. The van der Waals surface area contributed by atoms with E-state index in [4.69, 9.17) is 9.47 Å². The predicted octanol–water partition coefficient (Wildman–Crippen LogP) is 2.02. The number of aryl methyl sites for hydroxylation is 1. The number of carbonyl (C=O) groups is 2. The average molecular weight is 320 g/mol. The molecule has 1 unspecified atom stereocenters. The van der Waals surface area contributed by atoms with Gasteiger partial charge in [-0.1, -0.05) is 13.0 Å². The van der Waals surface area contributed by atoms with Crippen molar-refractivity contribution in [1.82, 2.24) is 5.32 Å². The Bertz CT molecular complexity index is 554. The topological polar surface area (TPSA) is 76.7 Å². The predicted molar refractivity (Wildman–Crippen MR) is 87.6 cm³/mol. The van der Waals surface area contributed by atoms with Gasteiger partial charge in [0.05, 0.1) is 18.4 Å². The van der Waals surface area contributed by atoms with Gasteiger partial charge in [0.2, 0.25) is 0 Å². The van der Waals surface area contributed by atoms with Gasteiger partial charge in [0.1, 0.15) is 5.75 Å². The molecule has 0 spiro atoms. The molecule has 1 aliphatic rings. The van der Waals surface area contributed by atoms with Crippen molar-refractivity contribution in [2.24, 2.45) is 0 Å². The van der Waals surface area contributed by atoms with Gasteiger partial charge in [-0.25, -0.2) is 0 Å². The molecule has 6 heteroatoms. The van der Waals surface area contributed by atoms with Gasteiger partial charge in [0.25, 0.3) is 0 Å². The zero-order valence-corrected chi connectivity index (χ0v) is 13.7. The van der Waals surface area contributed by atoms with Crippen LogP contribution in [0.5, 0.6) is 5.75 Å². The van der Waals surface area contributed by atoms with Gasteiger partial charge in [-0.3, -0.25) is 9.59 Å². The molecule has 1 atom stereocenters. The average Bonchev–Trinajstić information content (AvgIpc) is 3.06. The Kier molecular flexibility index (Phi) is 6.40. The highest BCUT2D eigenvalue weighted by Crippen LogP contribution is 2.25. The van der Waals surface area contributed by atoms with E-state index in [2.05, 4.69) is 10.6 Å². The number of anilines is 1. The van der Waals surface area contributed by atoms with Gasteiger partial charge in [-0.05, 0) is 43.9 Å². The van der Waals surface area contributed by atoms with E-state index in [9.17, 15) is 9.59 Å². The second-order valence-corrected chi connectivity index (χ2v) is 5.65. The molecule has 1 aromatic carbocycles. The highest BCUT2D eigenvalue weighted by molar-refractivity contribution is 6.39. The van der Waals surface area contributed by atoms with Gasteiger partial charge >= 0.3 is 11.8 Å². The highest BCUT2D eigenvalue weighted by atomic mass is 16.5. The van der Waals surface area contributed by atoms with Crippen molar-refractivity contribution in [2.75, 3.05) is 25.1 Å². The minimum absolute atomic E-state index is 0.00886. The summed E-state index contributed by atoms with van der Waals surface area (Å²) < 4.78 is 11.0. The SMILES string of the molecule is CCCOc1cc(C)ccc1NC(=O)C(=O)NCC1CCCO1. The Balaban J connectivity index is 1.91. The summed E-state index contributed by atoms with van der Waals surface area (Å²) in [5.41, 5.74) is 1.53. The Morgan fingerprint density at radius 3 is 2.87 bits per heavy atom. The summed E-state index contributed by atoms with van der Waals surface area (Å²) in [6.07, 6.45) is 2.78. The second kappa shape index (κ2) is 8.53. The Morgan fingerprint density at radius 2 is 2.17 bits per heavy atom. The maximum atomic E-state index is 12.0.